The van der Waals surface area contributed by atoms with Crippen LogP contribution in [0.25, 0.3) is 0 Å². The molecule has 0 heterocycles. The molecule has 2 amide bonds. The largest absolute Gasteiger partial charge is 4.00 e. The fourth-order valence-corrected chi connectivity index (χ4v) is 2.99. The van der Waals surface area contributed by atoms with E-state index in [1.54, 1.807) is 0 Å². The van der Waals surface area contributed by atoms with Crippen molar-refractivity contribution in [3.05, 3.63) is 107 Å². The topological polar surface area (TPSA) is 58.2 Å². The van der Waals surface area contributed by atoms with E-state index in [4.69, 9.17) is 0 Å². The molecule has 0 aromatic heterocycles. The molecule has 2 aromatic rings. The molecular weight excluding hydrogens is 568 g/mol. The fraction of sp³-hybridized carbons (Fsp3) is 0.312. The van der Waals surface area contributed by atoms with Crippen LogP contribution in [0, 0.1) is 47.6 Å². The van der Waals surface area contributed by atoms with Gasteiger partial charge >= 0.3 is 21.7 Å². The van der Waals surface area contributed by atoms with Crippen LogP contribution < -0.4 is 10.6 Å². The molecule has 2 aliphatic rings. The zero-order valence-corrected chi connectivity index (χ0v) is 25.3. The van der Waals surface area contributed by atoms with E-state index in [0.717, 1.165) is 25.0 Å². The Balaban J connectivity index is 0.000000552. The molecule has 2 aromatic carbocycles. The SMILES string of the molecule is CC1=[C-]CC=C1.CC1=[C-]CC=C1.CCCC(=O)Nc1ccc(F)[c-]c1F.CCCC(=O)Nc1ccc(F)[c-]c1F.[Ti+4]. The first-order valence-corrected chi connectivity index (χ1v) is 12.9. The predicted octanol–water partition coefficient (Wildman–Crippen LogP) is 8.40. The van der Waals surface area contributed by atoms with Crippen molar-refractivity contribution in [1.82, 2.24) is 0 Å². The van der Waals surface area contributed by atoms with Gasteiger partial charge in [0, 0.05) is 36.1 Å². The number of nitrogens with one attached hydrogen (secondary N) is 2. The van der Waals surface area contributed by atoms with Crippen molar-refractivity contribution in [3.8, 4) is 0 Å². The van der Waals surface area contributed by atoms with Crippen molar-refractivity contribution in [2.24, 2.45) is 0 Å². The molecule has 0 unspecified atom stereocenters. The number of benzene rings is 2. The second kappa shape index (κ2) is 21.5. The summed E-state index contributed by atoms with van der Waals surface area (Å²) in [5.41, 5.74) is 2.47. The molecule has 41 heavy (non-hydrogen) atoms. The minimum atomic E-state index is -0.880. The molecule has 0 bridgehead atoms. The average molecular weight is 602 g/mol. The van der Waals surface area contributed by atoms with Gasteiger partial charge in [-0.15, -0.1) is 49.2 Å². The van der Waals surface area contributed by atoms with Gasteiger partial charge in [-0.05, 0) is 24.2 Å². The third-order valence-corrected chi connectivity index (χ3v) is 4.96. The van der Waals surface area contributed by atoms with E-state index in [2.05, 4.69) is 60.9 Å². The number of hydrogen-bond acceptors (Lipinski definition) is 2. The van der Waals surface area contributed by atoms with E-state index >= 15 is 0 Å². The molecule has 216 valence electrons. The van der Waals surface area contributed by atoms with Crippen LogP contribution in [0.15, 0.2) is 59.7 Å². The Morgan fingerprint density at radius 2 is 1.07 bits per heavy atom. The molecule has 2 N–H and O–H groups in total. The Morgan fingerprint density at radius 1 is 0.707 bits per heavy atom. The van der Waals surface area contributed by atoms with Gasteiger partial charge in [-0.2, -0.15) is 12.2 Å². The summed E-state index contributed by atoms with van der Waals surface area (Å²) in [6, 6.07) is 8.12. The summed E-state index contributed by atoms with van der Waals surface area (Å²) in [7, 11) is 0. The molecule has 2 aliphatic carbocycles. The average Bonchev–Trinajstić information content (AvgIpc) is 3.58. The Labute approximate surface area is 255 Å². The third kappa shape index (κ3) is 17.2. The van der Waals surface area contributed by atoms with Gasteiger partial charge in [-0.1, -0.05) is 27.7 Å². The Bertz CT molecular complexity index is 1140. The second-order valence-corrected chi connectivity index (χ2v) is 8.60. The molecule has 0 saturated heterocycles. The molecule has 4 rings (SSSR count). The zero-order valence-electron chi connectivity index (χ0n) is 23.7. The zero-order chi connectivity index (χ0) is 29.9. The number of carbonyl (C=O) groups excluding carboxylic acids is 2. The molecule has 0 atom stereocenters. The Morgan fingerprint density at radius 3 is 1.29 bits per heavy atom. The number of halogens is 4. The van der Waals surface area contributed by atoms with Crippen LogP contribution in [0.4, 0.5) is 28.9 Å². The van der Waals surface area contributed by atoms with Crippen molar-refractivity contribution >= 4 is 23.2 Å². The van der Waals surface area contributed by atoms with Gasteiger partial charge in [-0.3, -0.25) is 21.7 Å². The van der Waals surface area contributed by atoms with Crippen LogP contribution in [-0.4, -0.2) is 11.8 Å². The molecule has 0 radical (unpaired) electrons. The number of anilines is 2. The quantitative estimate of drug-likeness (QED) is 0.198. The molecule has 4 nitrogen and oxygen atoms in total. The van der Waals surface area contributed by atoms with Crippen molar-refractivity contribution in [1.29, 1.82) is 0 Å². The maximum atomic E-state index is 12.9. The van der Waals surface area contributed by atoms with Crippen LogP contribution in [0.5, 0.6) is 0 Å². The Kier molecular flexibility index (Phi) is 19.8. The summed E-state index contributed by atoms with van der Waals surface area (Å²) < 4.78 is 50.7. The normalized spacial score (nSPS) is 12.2. The summed E-state index contributed by atoms with van der Waals surface area (Å²) in [4.78, 5) is 22.1. The predicted molar refractivity (Wildman–Crippen MR) is 150 cm³/mol. The van der Waals surface area contributed by atoms with Crippen LogP contribution in [0.1, 0.15) is 66.2 Å². The number of rotatable bonds is 6. The molecule has 0 fully saturated rings. The van der Waals surface area contributed by atoms with Gasteiger partial charge in [0.15, 0.2) is 0 Å². The van der Waals surface area contributed by atoms with E-state index in [9.17, 15) is 27.2 Å². The van der Waals surface area contributed by atoms with Crippen LogP contribution in [0.2, 0.25) is 0 Å². The van der Waals surface area contributed by atoms with Crippen LogP contribution in [-0.2, 0) is 31.3 Å². The molecule has 0 spiro atoms. The standard InChI is InChI=1S/2C10H10F2NO.2C6H7.Ti/c2*1-2-3-10(14)13-9-5-4-7(11)6-8(9)12;2*1-6-4-2-3-5-6;/h2*4-5H,2-3H2,1H3,(H,13,14);2*2,4H,3H2,1H3;/q4*-1;+4. The van der Waals surface area contributed by atoms with E-state index in [0.29, 0.717) is 25.7 Å². The first kappa shape index (κ1) is 37.8. The van der Waals surface area contributed by atoms with Gasteiger partial charge in [-0.25, -0.2) is 40.9 Å². The van der Waals surface area contributed by atoms with E-state index in [1.165, 1.54) is 23.3 Å². The van der Waals surface area contributed by atoms with E-state index in [-0.39, 0.29) is 44.9 Å². The summed E-state index contributed by atoms with van der Waals surface area (Å²) in [6.45, 7) is 7.80. The smallest absolute Gasteiger partial charge is 0.377 e. The fourth-order valence-electron chi connectivity index (χ4n) is 2.99. The van der Waals surface area contributed by atoms with Gasteiger partial charge in [0.25, 0.3) is 0 Å². The van der Waals surface area contributed by atoms with Crippen molar-refractivity contribution in [2.75, 3.05) is 10.6 Å². The summed E-state index contributed by atoms with van der Waals surface area (Å²) in [5.74, 6) is -3.89. The first-order valence-electron chi connectivity index (χ1n) is 12.9. The minimum Gasteiger partial charge on any atom is -0.377 e. The minimum absolute atomic E-state index is 0. The molecular formula is C32H34F4N2O2Ti. The molecule has 0 saturated carbocycles. The summed E-state index contributed by atoms with van der Waals surface area (Å²) in [6.07, 6.45) is 18.7. The third-order valence-electron chi connectivity index (χ3n) is 4.96. The number of carbonyl (C=O) groups is 2. The molecule has 0 aliphatic heterocycles. The second-order valence-electron chi connectivity index (χ2n) is 8.60. The Hall–Kier alpha value is -3.23. The number of hydrogen-bond donors (Lipinski definition) is 2. The van der Waals surface area contributed by atoms with Gasteiger partial charge in [0.05, 0.1) is 0 Å². The van der Waals surface area contributed by atoms with E-state index in [1.807, 2.05) is 26.0 Å². The van der Waals surface area contributed by atoms with Crippen LogP contribution >= 0.6 is 0 Å². The number of amides is 2. The van der Waals surface area contributed by atoms with Crippen molar-refractivity contribution < 1.29 is 48.9 Å². The van der Waals surface area contributed by atoms with Crippen LogP contribution in [0.3, 0.4) is 0 Å². The maximum absolute atomic E-state index is 12.9. The summed E-state index contributed by atoms with van der Waals surface area (Å²) in [5, 5.41) is 4.65. The number of allylic oxidation sites excluding steroid dienone is 8. The summed E-state index contributed by atoms with van der Waals surface area (Å²) >= 11 is 0. The van der Waals surface area contributed by atoms with Gasteiger partial charge < -0.3 is 10.6 Å². The van der Waals surface area contributed by atoms with E-state index < -0.39 is 23.3 Å². The first-order chi connectivity index (χ1) is 19.0. The monoisotopic (exact) mass is 602 g/mol. The molecule has 9 heteroatoms. The maximum Gasteiger partial charge on any atom is 4.00 e. The van der Waals surface area contributed by atoms with Crippen molar-refractivity contribution in [2.45, 2.75) is 66.2 Å². The van der Waals surface area contributed by atoms with Crippen molar-refractivity contribution in [3.63, 3.8) is 0 Å². The van der Waals surface area contributed by atoms with Gasteiger partial charge in [0.2, 0.25) is 11.8 Å². The van der Waals surface area contributed by atoms with Gasteiger partial charge in [0.1, 0.15) is 0 Å².